The zero-order valence-electron chi connectivity index (χ0n) is 13.4. The first-order valence-corrected chi connectivity index (χ1v) is 7.86. The van der Waals surface area contributed by atoms with Gasteiger partial charge >= 0.3 is 0 Å². The Kier molecular flexibility index (Phi) is 3.95. The standard InChI is InChI=1S/C20H13FN2O3/c21-16-8-4-9-17-19(16)26-18-10-3-7-13(15(18)11-22-17)12-5-1-2-6-14(12)20(24)23-25/h1-11,25H,(H,23,24). The van der Waals surface area contributed by atoms with E-state index in [1.165, 1.54) is 6.07 Å². The molecule has 0 saturated carbocycles. The summed E-state index contributed by atoms with van der Waals surface area (Å²) in [7, 11) is 0. The molecule has 3 aromatic carbocycles. The van der Waals surface area contributed by atoms with Crippen molar-refractivity contribution in [3.8, 4) is 22.6 Å². The average Bonchev–Trinajstić information content (AvgIpc) is 2.88. The Morgan fingerprint density at radius 3 is 2.62 bits per heavy atom. The molecule has 1 heterocycles. The first-order chi connectivity index (χ1) is 12.7. The first-order valence-electron chi connectivity index (χ1n) is 7.86. The summed E-state index contributed by atoms with van der Waals surface area (Å²) in [5.74, 6) is -0.646. The third-order valence-electron chi connectivity index (χ3n) is 4.12. The minimum atomic E-state index is -0.626. The van der Waals surface area contributed by atoms with Gasteiger partial charge in [-0.15, -0.1) is 0 Å². The lowest BCUT2D eigenvalue weighted by Gasteiger charge is -2.14. The predicted octanol–water partition coefficient (Wildman–Crippen LogP) is 4.47. The van der Waals surface area contributed by atoms with Crippen molar-refractivity contribution in [2.75, 3.05) is 0 Å². The normalized spacial score (nSPS) is 11.8. The Morgan fingerprint density at radius 1 is 1.00 bits per heavy atom. The van der Waals surface area contributed by atoms with E-state index in [1.807, 2.05) is 6.07 Å². The molecular formula is C20H13FN2O3. The average molecular weight is 348 g/mol. The van der Waals surface area contributed by atoms with Crippen LogP contribution < -0.4 is 10.2 Å². The Bertz CT molecular complexity index is 1050. The van der Waals surface area contributed by atoms with E-state index in [1.54, 1.807) is 60.2 Å². The molecule has 0 spiro atoms. The molecule has 128 valence electrons. The molecule has 1 aliphatic rings. The maximum atomic E-state index is 14.1. The van der Waals surface area contributed by atoms with Gasteiger partial charge in [0.2, 0.25) is 0 Å². The molecule has 1 aliphatic heterocycles. The fourth-order valence-electron chi connectivity index (χ4n) is 2.92. The van der Waals surface area contributed by atoms with E-state index >= 15 is 0 Å². The van der Waals surface area contributed by atoms with E-state index in [9.17, 15) is 9.18 Å². The number of halogens is 1. The van der Waals surface area contributed by atoms with E-state index in [-0.39, 0.29) is 5.75 Å². The van der Waals surface area contributed by atoms with Gasteiger partial charge < -0.3 is 4.74 Å². The van der Waals surface area contributed by atoms with Gasteiger partial charge in [0.05, 0.1) is 0 Å². The van der Waals surface area contributed by atoms with Gasteiger partial charge in [0.15, 0.2) is 11.6 Å². The van der Waals surface area contributed by atoms with Crippen LogP contribution in [-0.2, 0) is 0 Å². The number of hydroxylamine groups is 1. The van der Waals surface area contributed by atoms with Gasteiger partial charge in [0.1, 0.15) is 11.4 Å². The van der Waals surface area contributed by atoms with Crippen LogP contribution in [-0.4, -0.2) is 17.3 Å². The molecule has 6 heteroatoms. The summed E-state index contributed by atoms with van der Waals surface area (Å²) < 4.78 is 19.9. The molecule has 4 rings (SSSR count). The Balaban J connectivity index is 1.91. The second kappa shape index (κ2) is 6.42. The maximum absolute atomic E-state index is 14.1. The van der Waals surface area contributed by atoms with Crippen LogP contribution in [0.2, 0.25) is 0 Å². The molecule has 0 aliphatic carbocycles. The SMILES string of the molecule is O=C(NO)c1ccccc1-c1cccc2c1C=Nc1cccc(F)c1O2. The largest absolute Gasteiger partial charge is 0.451 e. The van der Waals surface area contributed by atoms with E-state index in [4.69, 9.17) is 9.94 Å². The zero-order chi connectivity index (χ0) is 18.1. The molecule has 3 aromatic rings. The van der Waals surface area contributed by atoms with E-state index in [0.717, 1.165) is 0 Å². The second-order valence-corrected chi connectivity index (χ2v) is 5.65. The van der Waals surface area contributed by atoms with Crippen molar-refractivity contribution in [2.45, 2.75) is 0 Å². The van der Waals surface area contributed by atoms with Gasteiger partial charge in [0.25, 0.3) is 5.91 Å². The molecule has 0 unspecified atom stereocenters. The molecule has 0 atom stereocenters. The topological polar surface area (TPSA) is 70.9 Å². The van der Waals surface area contributed by atoms with Crippen LogP contribution in [0, 0.1) is 5.82 Å². The highest BCUT2D eigenvalue weighted by Crippen LogP contribution is 2.41. The summed E-state index contributed by atoms with van der Waals surface area (Å²) in [6, 6.07) is 16.6. The molecule has 0 fully saturated rings. The number of ether oxygens (including phenoxy) is 1. The third-order valence-corrected chi connectivity index (χ3v) is 4.12. The van der Waals surface area contributed by atoms with Crippen LogP contribution in [0.5, 0.6) is 11.5 Å². The molecule has 0 aromatic heterocycles. The number of aliphatic imine (C=N–C) groups is 1. The van der Waals surface area contributed by atoms with Crippen molar-refractivity contribution in [2.24, 2.45) is 4.99 Å². The molecule has 1 amide bonds. The summed E-state index contributed by atoms with van der Waals surface area (Å²) in [6.07, 6.45) is 1.59. The van der Waals surface area contributed by atoms with Crippen molar-refractivity contribution in [1.29, 1.82) is 0 Å². The van der Waals surface area contributed by atoms with Crippen molar-refractivity contribution < 1.29 is 19.1 Å². The zero-order valence-corrected chi connectivity index (χ0v) is 13.4. The smallest absolute Gasteiger partial charge is 0.275 e. The Hall–Kier alpha value is -3.51. The van der Waals surface area contributed by atoms with Crippen LogP contribution in [0.25, 0.3) is 11.1 Å². The van der Waals surface area contributed by atoms with Crippen molar-refractivity contribution >= 4 is 17.8 Å². The molecular weight excluding hydrogens is 335 g/mol. The summed E-state index contributed by atoms with van der Waals surface area (Å²) in [5, 5.41) is 9.00. The van der Waals surface area contributed by atoms with Crippen LogP contribution >= 0.6 is 0 Å². The summed E-state index contributed by atoms with van der Waals surface area (Å²) >= 11 is 0. The van der Waals surface area contributed by atoms with Crippen LogP contribution in [0.15, 0.2) is 65.7 Å². The van der Waals surface area contributed by atoms with Gasteiger partial charge in [-0.25, -0.2) is 9.87 Å². The number of nitrogens with zero attached hydrogens (tertiary/aromatic N) is 1. The summed E-state index contributed by atoms with van der Waals surface area (Å²) in [5.41, 5.74) is 4.22. The van der Waals surface area contributed by atoms with E-state index in [2.05, 4.69) is 4.99 Å². The monoisotopic (exact) mass is 348 g/mol. The van der Waals surface area contributed by atoms with Gasteiger partial charge in [-0.2, -0.15) is 0 Å². The van der Waals surface area contributed by atoms with Crippen molar-refractivity contribution in [3.05, 3.63) is 77.6 Å². The fraction of sp³-hybridized carbons (Fsp3) is 0. The Labute approximate surface area is 148 Å². The number of hydrogen-bond acceptors (Lipinski definition) is 4. The number of carbonyl (C=O) groups excluding carboxylic acids is 1. The molecule has 0 saturated heterocycles. The van der Waals surface area contributed by atoms with Crippen LogP contribution in [0.1, 0.15) is 15.9 Å². The Morgan fingerprint density at radius 2 is 1.77 bits per heavy atom. The fourth-order valence-corrected chi connectivity index (χ4v) is 2.92. The van der Waals surface area contributed by atoms with Crippen LogP contribution in [0.3, 0.4) is 0 Å². The minimum Gasteiger partial charge on any atom is -0.451 e. The number of para-hydroxylation sites is 1. The summed E-state index contributed by atoms with van der Waals surface area (Å²) in [6.45, 7) is 0. The number of nitrogens with one attached hydrogen (secondary N) is 1. The van der Waals surface area contributed by atoms with Gasteiger partial charge in [-0.1, -0.05) is 36.4 Å². The van der Waals surface area contributed by atoms with Crippen molar-refractivity contribution in [1.82, 2.24) is 5.48 Å². The number of hydrogen-bond donors (Lipinski definition) is 2. The number of fused-ring (bicyclic) bond motifs is 2. The molecule has 5 nitrogen and oxygen atoms in total. The van der Waals surface area contributed by atoms with Gasteiger partial charge in [-0.3, -0.25) is 15.0 Å². The number of amides is 1. The summed E-state index contributed by atoms with van der Waals surface area (Å²) in [4.78, 5) is 16.3. The minimum absolute atomic E-state index is 0.0565. The number of rotatable bonds is 2. The lowest BCUT2D eigenvalue weighted by atomic mass is 9.95. The highest BCUT2D eigenvalue weighted by atomic mass is 19.1. The van der Waals surface area contributed by atoms with E-state index < -0.39 is 11.7 Å². The first kappa shape index (κ1) is 16.0. The lowest BCUT2D eigenvalue weighted by molar-refractivity contribution is 0.0707. The second-order valence-electron chi connectivity index (χ2n) is 5.65. The highest BCUT2D eigenvalue weighted by Gasteiger charge is 2.20. The predicted molar refractivity (Wildman–Crippen MR) is 94.9 cm³/mol. The molecule has 0 radical (unpaired) electrons. The maximum Gasteiger partial charge on any atom is 0.275 e. The van der Waals surface area contributed by atoms with E-state index in [0.29, 0.717) is 33.7 Å². The van der Waals surface area contributed by atoms with Crippen LogP contribution in [0.4, 0.5) is 10.1 Å². The quantitative estimate of drug-likeness (QED) is 0.415. The number of benzene rings is 3. The van der Waals surface area contributed by atoms with Gasteiger partial charge in [-0.05, 0) is 35.4 Å². The molecule has 0 bridgehead atoms. The number of carbonyl (C=O) groups is 1. The molecule has 26 heavy (non-hydrogen) atoms. The molecule has 2 N–H and O–H groups in total. The lowest BCUT2D eigenvalue weighted by Crippen LogP contribution is -2.19. The highest BCUT2D eigenvalue weighted by molar-refractivity contribution is 6.04. The third kappa shape index (κ3) is 2.62. The van der Waals surface area contributed by atoms with Crippen molar-refractivity contribution in [3.63, 3.8) is 0 Å². The van der Waals surface area contributed by atoms with Gasteiger partial charge in [0, 0.05) is 17.3 Å².